The van der Waals surface area contributed by atoms with Crippen molar-refractivity contribution in [2.75, 3.05) is 5.75 Å². The fourth-order valence-electron chi connectivity index (χ4n) is 2.40. The Morgan fingerprint density at radius 2 is 1.96 bits per heavy atom. The van der Waals surface area contributed by atoms with E-state index in [4.69, 9.17) is 11.6 Å². The summed E-state index contributed by atoms with van der Waals surface area (Å²) < 4.78 is 41.1. The lowest BCUT2D eigenvalue weighted by Gasteiger charge is -2.08. The number of halogens is 5. The second-order valence-corrected chi connectivity index (χ2v) is 7.55. The Kier molecular flexibility index (Phi) is 5.00. The van der Waals surface area contributed by atoms with Gasteiger partial charge in [0.25, 0.3) is 0 Å². The summed E-state index contributed by atoms with van der Waals surface area (Å²) in [6, 6.07) is 4.59. The topological polar surface area (TPSA) is 43.6 Å². The summed E-state index contributed by atoms with van der Waals surface area (Å²) in [4.78, 5) is 13.1. The van der Waals surface area contributed by atoms with E-state index >= 15 is 0 Å². The Morgan fingerprint density at radius 1 is 1.24 bits per heavy atom. The number of fused-ring (bicyclic) bond motifs is 1. The molecular weight excluding hydrogens is 441 g/mol. The Hall–Kier alpha value is -1.32. The molecule has 0 unspecified atom stereocenters. The summed E-state index contributed by atoms with van der Waals surface area (Å²) in [5.41, 5.74) is -0.0394. The van der Waals surface area contributed by atoms with Gasteiger partial charge in [0, 0.05) is 11.9 Å². The molecule has 3 aromatic heterocycles. The lowest BCUT2D eigenvalue weighted by atomic mass is 10.3. The van der Waals surface area contributed by atoms with Crippen LogP contribution in [0.25, 0.3) is 22.6 Å². The lowest BCUT2D eigenvalue weighted by molar-refractivity contribution is -0.141. The molecule has 0 saturated heterocycles. The van der Waals surface area contributed by atoms with E-state index in [2.05, 4.69) is 30.9 Å². The molecule has 0 amide bonds. The zero-order valence-electron chi connectivity index (χ0n) is 13.0. The van der Waals surface area contributed by atoms with Crippen LogP contribution in [0.15, 0.2) is 27.7 Å². The first-order chi connectivity index (χ1) is 11.7. The molecule has 0 fully saturated rings. The summed E-state index contributed by atoms with van der Waals surface area (Å²) in [6.07, 6.45) is -4.59. The zero-order valence-corrected chi connectivity index (χ0v) is 16.2. The summed E-state index contributed by atoms with van der Waals surface area (Å²) in [5, 5.41) is -0.245. The molecule has 0 spiro atoms. The minimum atomic E-state index is -4.59. The van der Waals surface area contributed by atoms with Gasteiger partial charge in [0.05, 0.1) is 5.52 Å². The molecule has 3 heterocycles. The Bertz CT molecular complexity index is 958. The van der Waals surface area contributed by atoms with Gasteiger partial charge in [-0.15, -0.1) is 11.8 Å². The van der Waals surface area contributed by atoms with Gasteiger partial charge in [0.2, 0.25) is 0 Å². The van der Waals surface area contributed by atoms with Crippen LogP contribution < -0.4 is 0 Å². The van der Waals surface area contributed by atoms with Crippen molar-refractivity contribution in [3.8, 4) is 11.5 Å². The van der Waals surface area contributed by atoms with Crippen molar-refractivity contribution < 1.29 is 13.2 Å². The fourth-order valence-corrected chi connectivity index (χ4v) is 3.77. The van der Waals surface area contributed by atoms with E-state index in [1.54, 1.807) is 29.4 Å². The number of imidazole rings is 1. The molecule has 25 heavy (non-hydrogen) atoms. The van der Waals surface area contributed by atoms with Crippen LogP contribution in [0, 0.1) is 0 Å². The van der Waals surface area contributed by atoms with Crippen LogP contribution in [0.3, 0.4) is 0 Å². The quantitative estimate of drug-likeness (QED) is 0.385. The SMILES string of the molecule is CCSc1ccc(Br)nc1-c1nc2cc(C(F)(F)F)nc(Cl)c2n1C. The van der Waals surface area contributed by atoms with Gasteiger partial charge in [-0.2, -0.15) is 13.2 Å². The molecular formula is C15H11BrClF3N4S. The summed E-state index contributed by atoms with van der Waals surface area (Å²) in [7, 11) is 1.68. The van der Waals surface area contributed by atoms with Crippen LogP contribution in [-0.2, 0) is 13.2 Å². The molecule has 0 aliphatic rings. The molecule has 0 N–H and O–H groups in total. The van der Waals surface area contributed by atoms with E-state index in [0.29, 0.717) is 21.6 Å². The number of nitrogens with zero attached hydrogens (tertiary/aromatic N) is 4. The van der Waals surface area contributed by atoms with E-state index in [9.17, 15) is 13.2 Å². The average Bonchev–Trinajstić information content (AvgIpc) is 2.86. The summed E-state index contributed by atoms with van der Waals surface area (Å²) in [5.74, 6) is 1.25. The predicted molar refractivity (Wildman–Crippen MR) is 95.9 cm³/mol. The predicted octanol–water partition coefficient (Wildman–Crippen LogP) is 5.58. The average molecular weight is 452 g/mol. The van der Waals surface area contributed by atoms with Crippen LogP contribution in [-0.4, -0.2) is 25.3 Å². The minimum Gasteiger partial charge on any atom is -0.323 e. The third-order valence-electron chi connectivity index (χ3n) is 3.44. The monoisotopic (exact) mass is 450 g/mol. The highest BCUT2D eigenvalue weighted by molar-refractivity contribution is 9.10. The van der Waals surface area contributed by atoms with Gasteiger partial charge in [-0.25, -0.2) is 15.0 Å². The second-order valence-electron chi connectivity index (χ2n) is 5.07. The number of thioether (sulfide) groups is 1. The Balaban J connectivity index is 2.27. The molecule has 10 heteroatoms. The van der Waals surface area contributed by atoms with Gasteiger partial charge in [-0.3, -0.25) is 0 Å². The van der Waals surface area contributed by atoms with Crippen LogP contribution in [0.4, 0.5) is 13.2 Å². The third-order valence-corrected chi connectivity index (χ3v) is 5.07. The van der Waals surface area contributed by atoms with E-state index in [-0.39, 0.29) is 10.7 Å². The van der Waals surface area contributed by atoms with Gasteiger partial charge in [0.1, 0.15) is 21.5 Å². The number of aryl methyl sites for hydroxylation is 1. The zero-order chi connectivity index (χ0) is 18.4. The maximum atomic E-state index is 13.0. The number of pyridine rings is 2. The van der Waals surface area contributed by atoms with E-state index < -0.39 is 11.9 Å². The van der Waals surface area contributed by atoms with Crippen molar-refractivity contribution in [2.45, 2.75) is 18.0 Å². The van der Waals surface area contributed by atoms with E-state index in [1.165, 1.54) is 0 Å². The maximum Gasteiger partial charge on any atom is 0.433 e. The van der Waals surface area contributed by atoms with Crippen molar-refractivity contribution >= 4 is 50.3 Å². The molecule has 0 bridgehead atoms. The Morgan fingerprint density at radius 3 is 2.60 bits per heavy atom. The van der Waals surface area contributed by atoms with Crippen LogP contribution in [0.1, 0.15) is 12.6 Å². The number of hydrogen-bond donors (Lipinski definition) is 0. The fraction of sp³-hybridized carbons (Fsp3) is 0.267. The highest BCUT2D eigenvalue weighted by Gasteiger charge is 2.34. The molecule has 3 aromatic rings. The van der Waals surface area contributed by atoms with Crippen molar-refractivity contribution in [1.82, 2.24) is 19.5 Å². The number of aromatic nitrogens is 4. The van der Waals surface area contributed by atoms with Gasteiger partial charge in [-0.05, 0) is 39.9 Å². The molecule has 0 radical (unpaired) electrons. The standard InChI is InChI=1S/C15H11BrClF3N4S/c1-3-25-8-4-5-10(16)23-11(8)14-21-7-6-9(15(18,19)20)22-13(17)12(7)24(14)2/h4-6H,3H2,1-2H3. The highest BCUT2D eigenvalue weighted by Crippen LogP contribution is 2.36. The molecule has 0 saturated carbocycles. The van der Waals surface area contributed by atoms with Gasteiger partial charge in [0.15, 0.2) is 11.0 Å². The molecule has 0 aliphatic heterocycles. The van der Waals surface area contributed by atoms with Crippen LogP contribution in [0.2, 0.25) is 5.15 Å². The normalized spacial score (nSPS) is 12.1. The number of rotatable bonds is 3. The molecule has 0 aromatic carbocycles. The first-order valence-corrected chi connectivity index (χ1v) is 9.28. The summed E-state index contributed by atoms with van der Waals surface area (Å²) in [6.45, 7) is 2.00. The van der Waals surface area contributed by atoms with Gasteiger partial charge in [-0.1, -0.05) is 18.5 Å². The smallest absolute Gasteiger partial charge is 0.323 e. The number of hydrogen-bond acceptors (Lipinski definition) is 4. The van der Waals surface area contributed by atoms with E-state index in [0.717, 1.165) is 16.7 Å². The molecule has 3 rings (SSSR count). The molecule has 132 valence electrons. The molecule has 0 aliphatic carbocycles. The minimum absolute atomic E-state index is 0.124. The largest absolute Gasteiger partial charge is 0.433 e. The molecule has 4 nitrogen and oxygen atoms in total. The second kappa shape index (κ2) is 6.77. The van der Waals surface area contributed by atoms with Crippen molar-refractivity contribution in [3.05, 3.63) is 33.6 Å². The van der Waals surface area contributed by atoms with Gasteiger partial charge >= 0.3 is 6.18 Å². The maximum absolute atomic E-state index is 13.0. The first kappa shape index (κ1) is 18.5. The Labute approximate surface area is 158 Å². The molecule has 0 atom stereocenters. The third kappa shape index (κ3) is 3.50. The van der Waals surface area contributed by atoms with E-state index in [1.807, 2.05) is 13.0 Å². The van der Waals surface area contributed by atoms with Gasteiger partial charge < -0.3 is 4.57 Å². The highest BCUT2D eigenvalue weighted by atomic mass is 79.9. The summed E-state index contributed by atoms with van der Waals surface area (Å²) >= 11 is 10.9. The lowest BCUT2D eigenvalue weighted by Crippen LogP contribution is -2.08. The van der Waals surface area contributed by atoms with Crippen molar-refractivity contribution in [3.63, 3.8) is 0 Å². The van der Waals surface area contributed by atoms with Crippen LogP contribution in [0.5, 0.6) is 0 Å². The number of alkyl halides is 3. The van der Waals surface area contributed by atoms with Crippen molar-refractivity contribution in [2.24, 2.45) is 7.05 Å². The van der Waals surface area contributed by atoms with Crippen molar-refractivity contribution in [1.29, 1.82) is 0 Å². The van der Waals surface area contributed by atoms with Crippen LogP contribution >= 0.6 is 39.3 Å². The first-order valence-electron chi connectivity index (χ1n) is 7.12.